The molecule has 1 aliphatic heterocycles. The summed E-state index contributed by atoms with van der Waals surface area (Å²) in [4.78, 5) is 6.63. The fraction of sp³-hybridized carbons (Fsp3) is 0.389. The molecule has 1 fully saturated rings. The van der Waals surface area contributed by atoms with Crippen molar-refractivity contribution in [2.45, 2.75) is 25.8 Å². The molecule has 0 atom stereocenters. The molecule has 3 heteroatoms. The summed E-state index contributed by atoms with van der Waals surface area (Å²) in [5.74, 6) is 0.544. The van der Waals surface area contributed by atoms with Gasteiger partial charge in [0.1, 0.15) is 5.82 Å². The second-order valence-corrected chi connectivity index (χ2v) is 5.88. The summed E-state index contributed by atoms with van der Waals surface area (Å²) in [7, 11) is 0. The van der Waals surface area contributed by atoms with Crippen LogP contribution in [0.25, 0.3) is 0 Å². The Hall–Kier alpha value is -1.74. The summed E-state index contributed by atoms with van der Waals surface area (Å²) in [6.07, 6.45) is 6.91. The van der Waals surface area contributed by atoms with E-state index in [2.05, 4.69) is 16.0 Å². The Morgan fingerprint density at radius 3 is 2.62 bits per heavy atom. The van der Waals surface area contributed by atoms with Crippen LogP contribution in [0.5, 0.6) is 0 Å². The highest BCUT2D eigenvalue weighted by molar-refractivity contribution is 5.18. The quantitative estimate of drug-likeness (QED) is 0.851. The number of pyridine rings is 1. The smallest absolute Gasteiger partial charge is 0.126 e. The second-order valence-electron chi connectivity index (χ2n) is 5.88. The lowest BCUT2D eigenvalue weighted by Gasteiger charge is -2.32. The zero-order chi connectivity index (χ0) is 14.5. The second kappa shape index (κ2) is 6.81. The molecule has 0 unspecified atom stereocenters. The van der Waals surface area contributed by atoms with Gasteiger partial charge in [0.15, 0.2) is 0 Å². The fourth-order valence-electron chi connectivity index (χ4n) is 3.07. The van der Waals surface area contributed by atoms with Crippen molar-refractivity contribution >= 4 is 0 Å². The molecule has 21 heavy (non-hydrogen) atoms. The van der Waals surface area contributed by atoms with Gasteiger partial charge < -0.3 is 0 Å². The van der Waals surface area contributed by atoms with Crippen LogP contribution in [0.3, 0.4) is 0 Å². The normalized spacial score (nSPS) is 17.0. The molecule has 110 valence electrons. The maximum Gasteiger partial charge on any atom is 0.126 e. The van der Waals surface area contributed by atoms with Crippen LogP contribution in [0.2, 0.25) is 0 Å². The molecule has 1 saturated heterocycles. The highest BCUT2D eigenvalue weighted by Crippen LogP contribution is 2.23. The zero-order valence-electron chi connectivity index (χ0n) is 12.2. The van der Waals surface area contributed by atoms with Gasteiger partial charge in [0.25, 0.3) is 0 Å². The lowest BCUT2D eigenvalue weighted by molar-refractivity contribution is 0.176. The first kappa shape index (κ1) is 14.2. The van der Waals surface area contributed by atoms with Crippen molar-refractivity contribution in [2.24, 2.45) is 5.92 Å². The molecule has 1 aromatic carbocycles. The van der Waals surface area contributed by atoms with Crippen molar-refractivity contribution in [1.82, 2.24) is 9.88 Å². The van der Waals surface area contributed by atoms with Gasteiger partial charge in [-0.3, -0.25) is 9.88 Å². The van der Waals surface area contributed by atoms with Crippen LogP contribution < -0.4 is 0 Å². The topological polar surface area (TPSA) is 16.1 Å². The number of rotatable bonds is 4. The van der Waals surface area contributed by atoms with Crippen molar-refractivity contribution in [3.63, 3.8) is 0 Å². The van der Waals surface area contributed by atoms with Crippen LogP contribution in [0.1, 0.15) is 24.0 Å². The van der Waals surface area contributed by atoms with Crippen molar-refractivity contribution in [2.75, 3.05) is 13.1 Å². The third-order valence-corrected chi connectivity index (χ3v) is 4.30. The van der Waals surface area contributed by atoms with E-state index in [0.29, 0.717) is 5.92 Å². The third kappa shape index (κ3) is 3.88. The molecule has 0 N–H and O–H groups in total. The Morgan fingerprint density at radius 2 is 1.90 bits per heavy atom. The number of halogens is 1. The van der Waals surface area contributed by atoms with Gasteiger partial charge in [0.05, 0.1) is 0 Å². The van der Waals surface area contributed by atoms with Gasteiger partial charge >= 0.3 is 0 Å². The van der Waals surface area contributed by atoms with Crippen molar-refractivity contribution in [1.29, 1.82) is 0 Å². The number of benzene rings is 1. The predicted molar refractivity (Wildman–Crippen MR) is 82.3 cm³/mol. The molecule has 0 aliphatic carbocycles. The van der Waals surface area contributed by atoms with Crippen molar-refractivity contribution < 1.29 is 4.39 Å². The van der Waals surface area contributed by atoms with Crippen molar-refractivity contribution in [3.8, 4) is 0 Å². The number of nitrogens with zero attached hydrogens (tertiary/aromatic N) is 2. The number of aromatic nitrogens is 1. The van der Waals surface area contributed by atoms with E-state index in [4.69, 9.17) is 0 Å². The maximum absolute atomic E-state index is 13.7. The van der Waals surface area contributed by atoms with Crippen LogP contribution in [0, 0.1) is 11.7 Å². The monoisotopic (exact) mass is 284 g/mol. The number of likely N-dealkylation sites (tertiary alicyclic amines) is 1. The molecule has 3 rings (SSSR count). The molecule has 0 radical (unpaired) electrons. The van der Waals surface area contributed by atoms with Crippen LogP contribution >= 0.6 is 0 Å². The maximum atomic E-state index is 13.7. The molecule has 2 aromatic rings. The van der Waals surface area contributed by atoms with E-state index in [1.807, 2.05) is 30.6 Å². The minimum Gasteiger partial charge on any atom is -0.299 e. The highest BCUT2D eigenvalue weighted by Gasteiger charge is 2.20. The first-order valence-electron chi connectivity index (χ1n) is 7.66. The van der Waals surface area contributed by atoms with E-state index in [9.17, 15) is 4.39 Å². The summed E-state index contributed by atoms with van der Waals surface area (Å²) in [5.41, 5.74) is 2.13. The van der Waals surface area contributed by atoms with E-state index >= 15 is 0 Å². The minimum absolute atomic E-state index is 0.0599. The molecule has 2 nitrogen and oxygen atoms in total. The van der Waals surface area contributed by atoms with Gasteiger partial charge in [-0.05, 0) is 61.5 Å². The number of piperidine rings is 1. The Labute approximate surface area is 125 Å². The summed E-state index contributed by atoms with van der Waals surface area (Å²) in [6, 6.07) is 11.3. The van der Waals surface area contributed by atoms with E-state index in [1.54, 1.807) is 12.1 Å². The van der Waals surface area contributed by atoms with Crippen molar-refractivity contribution in [3.05, 3.63) is 65.7 Å². The largest absolute Gasteiger partial charge is 0.299 e. The minimum atomic E-state index is -0.0599. The Bertz CT molecular complexity index is 562. The van der Waals surface area contributed by atoms with Gasteiger partial charge in [0, 0.05) is 18.9 Å². The Morgan fingerprint density at radius 1 is 1.10 bits per heavy atom. The van der Waals surface area contributed by atoms with Crippen LogP contribution in [0.4, 0.5) is 4.39 Å². The summed E-state index contributed by atoms with van der Waals surface area (Å²) in [5, 5.41) is 0. The average Bonchev–Trinajstić information content (AvgIpc) is 2.52. The van der Waals surface area contributed by atoms with Gasteiger partial charge in [-0.15, -0.1) is 0 Å². The highest BCUT2D eigenvalue weighted by atomic mass is 19.1. The lowest BCUT2D eigenvalue weighted by atomic mass is 9.90. The van der Waals surface area contributed by atoms with E-state index in [0.717, 1.165) is 44.5 Å². The molecule has 1 aliphatic rings. The summed E-state index contributed by atoms with van der Waals surface area (Å²) < 4.78 is 13.7. The summed E-state index contributed by atoms with van der Waals surface area (Å²) in [6.45, 7) is 3.16. The van der Waals surface area contributed by atoms with Crippen LogP contribution in [-0.4, -0.2) is 23.0 Å². The molecule has 1 aromatic heterocycles. The molecule has 0 spiro atoms. The van der Waals surface area contributed by atoms with Gasteiger partial charge in [-0.1, -0.05) is 24.3 Å². The standard InChI is InChI=1S/C18H21FN2/c19-18-6-2-1-5-17(18)12-15-7-10-21(11-8-15)14-16-4-3-9-20-13-16/h1-6,9,13,15H,7-8,10-12,14H2. The third-order valence-electron chi connectivity index (χ3n) is 4.30. The molecule has 0 bridgehead atoms. The number of hydrogen-bond acceptors (Lipinski definition) is 2. The zero-order valence-corrected chi connectivity index (χ0v) is 12.2. The van der Waals surface area contributed by atoms with Gasteiger partial charge in [-0.25, -0.2) is 4.39 Å². The Balaban J connectivity index is 1.50. The lowest BCUT2D eigenvalue weighted by Crippen LogP contribution is -2.33. The predicted octanol–water partition coefficient (Wildman–Crippen LogP) is 3.68. The average molecular weight is 284 g/mol. The molecule has 0 saturated carbocycles. The number of hydrogen-bond donors (Lipinski definition) is 0. The Kier molecular flexibility index (Phi) is 4.61. The SMILES string of the molecule is Fc1ccccc1CC1CCN(Cc2cccnc2)CC1. The summed E-state index contributed by atoms with van der Waals surface area (Å²) >= 11 is 0. The first-order valence-corrected chi connectivity index (χ1v) is 7.66. The fourth-order valence-corrected chi connectivity index (χ4v) is 3.07. The van der Waals surface area contributed by atoms with E-state index < -0.39 is 0 Å². The van der Waals surface area contributed by atoms with E-state index in [1.165, 1.54) is 5.56 Å². The molecular weight excluding hydrogens is 263 g/mol. The first-order chi connectivity index (χ1) is 10.3. The van der Waals surface area contributed by atoms with Crippen LogP contribution in [0.15, 0.2) is 48.8 Å². The molecular formula is C18H21FN2. The van der Waals surface area contributed by atoms with Gasteiger partial charge in [0.2, 0.25) is 0 Å². The van der Waals surface area contributed by atoms with Gasteiger partial charge in [-0.2, -0.15) is 0 Å². The van der Waals surface area contributed by atoms with E-state index in [-0.39, 0.29) is 5.82 Å². The molecule has 0 amide bonds. The molecule has 2 heterocycles. The van der Waals surface area contributed by atoms with Crippen LogP contribution in [-0.2, 0) is 13.0 Å².